The Labute approximate surface area is 149 Å². The van der Waals surface area contributed by atoms with Gasteiger partial charge in [-0.1, -0.05) is 42.5 Å². The highest BCUT2D eigenvalue weighted by Gasteiger charge is 2.16. The van der Waals surface area contributed by atoms with Crippen molar-refractivity contribution in [3.05, 3.63) is 65.7 Å². The lowest BCUT2D eigenvalue weighted by atomic mass is 10.2. The minimum absolute atomic E-state index is 0.0174. The molecule has 1 aliphatic rings. The number of nitrogens with one attached hydrogen (secondary N) is 1. The van der Waals surface area contributed by atoms with Crippen LogP contribution in [0.2, 0.25) is 0 Å². The fraction of sp³-hybridized carbons (Fsp3) is 0.368. The quantitative estimate of drug-likeness (QED) is 0.785. The van der Waals surface area contributed by atoms with Crippen LogP contribution in [0.25, 0.3) is 0 Å². The monoisotopic (exact) mass is 361 g/mol. The van der Waals surface area contributed by atoms with Crippen LogP contribution < -0.4 is 9.46 Å². The Hall–Kier alpha value is -1.89. The van der Waals surface area contributed by atoms with Crippen molar-refractivity contribution in [1.82, 2.24) is 4.72 Å². The number of benzene rings is 2. The second kappa shape index (κ2) is 8.47. The predicted molar refractivity (Wildman–Crippen MR) is 96.8 cm³/mol. The molecular formula is C19H23NO4S. The normalized spacial score (nSPS) is 17.5. The summed E-state index contributed by atoms with van der Waals surface area (Å²) in [5.41, 5.74) is 1.66. The van der Waals surface area contributed by atoms with Gasteiger partial charge in [-0.2, -0.15) is 0 Å². The summed E-state index contributed by atoms with van der Waals surface area (Å²) < 4.78 is 38.1. The van der Waals surface area contributed by atoms with E-state index in [9.17, 15) is 8.42 Å². The molecule has 134 valence electrons. The van der Waals surface area contributed by atoms with Gasteiger partial charge in [0.15, 0.2) is 0 Å². The SMILES string of the molecule is O=S(=O)(Cc1ccccc1)NCc1ccc(OC[C@H]2CCCO2)cc1. The Morgan fingerprint density at radius 2 is 1.80 bits per heavy atom. The van der Waals surface area contributed by atoms with Gasteiger partial charge < -0.3 is 9.47 Å². The van der Waals surface area contributed by atoms with Gasteiger partial charge in [-0.15, -0.1) is 0 Å². The van der Waals surface area contributed by atoms with Gasteiger partial charge in [-0.3, -0.25) is 0 Å². The van der Waals surface area contributed by atoms with Crippen LogP contribution in [-0.4, -0.2) is 27.7 Å². The first-order valence-electron chi connectivity index (χ1n) is 8.45. The van der Waals surface area contributed by atoms with Crippen molar-refractivity contribution >= 4 is 10.0 Å². The fourth-order valence-electron chi connectivity index (χ4n) is 2.71. The van der Waals surface area contributed by atoms with E-state index in [0.29, 0.717) is 6.61 Å². The minimum atomic E-state index is -3.36. The summed E-state index contributed by atoms with van der Waals surface area (Å²) in [6.07, 6.45) is 2.32. The molecular weight excluding hydrogens is 338 g/mol. The molecule has 0 unspecified atom stereocenters. The van der Waals surface area contributed by atoms with Crippen molar-refractivity contribution in [3.8, 4) is 5.75 Å². The first-order chi connectivity index (χ1) is 12.1. The van der Waals surface area contributed by atoms with Crippen LogP contribution in [0, 0.1) is 0 Å². The molecule has 5 nitrogen and oxygen atoms in total. The first kappa shape index (κ1) is 17.9. The zero-order chi connectivity index (χ0) is 17.5. The molecule has 1 aliphatic heterocycles. The van der Waals surface area contributed by atoms with E-state index in [1.807, 2.05) is 42.5 Å². The smallest absolute Gasteiger partial charge is 0.216 e. The van der Waals surface area contributed by atoms with Crippen LogP contribution in [0.1, 0.15) is 24.0 Å². The highest BCUT2D eigenvalue weighted by atomic mass is 32.2. The van der Waals surface area contributed by atoms with Crippen LogP contribution in [0.15, 0.2) is 54.6 Å². The largest absolute Gasteiger partial charge is 0.491 e. The van der Waals surface area contributed by atoms with Gasteiger partial charge in [0.1, 0.15) is 12.4 Å². The molecule has 0 aromatic heterocycles. The van der Waals surface area contributed by atoms with Crippen molar-refractivity contribution < 1.29 is 17.9 Å². The standard InChI is InChI=1S/C19H23NO4S/c21-25(22,15-17-5-2-1-3-6-17)20-13-16-8-10-18(11-9-16)24-14-19-7-4-12-23-19/h1-3,5-6,8-11,19-20H,4,7,12-15H2/t19-/m1/s1. The Morgan fingerprint density at radius 1 is 1.04 bits per heavy atom. The minimum Gasteiger partial charge on any atom is -0.491 e. The van der Waals surface area contributed by atoms with Gasteiger partial charge in [-0.05, 0) is 36.1 Å². The molecule has 1 fully saturated rings. The summed E-state index contributed by atoms with van der Waals surface area (Å²) in [6.45, 7) is 1.64. The second-order valence-electron chi connectivity index (χ2n) is 6.16. The van der Waals surface area contributed by atoms with Crippen LogP contribution in [0.5, 0.6) is 5.75 Å². The molecule has 0 amide bonds. The van der Waals surface area contributed by atoms with Crippen molar-refractivity contribution in [2.75, 3.05) is 13.2 Å². The van der Waals surface area contributed by atoms with E-state index in [4.69, 9.17) is 9.47 Å². The number of sulfonamides is 1. The number of hydrogen-bond acceptors (Lipinski definition) is 4. The van der Waals surface area contributed by atoms with E-state index in [-0.39, 0.29) is 18.4 Å². The van der Waals surface area contributed by atoms with E-state index in [1.165, 1.54) is 0 Å². The summed E-state index contributed by atoms with van der Waals surface area (Å²) in [6, 6.07) is 16.6. The Kier molecular flexibility index (Phi) is 6.07. The summed E-state index contributed by atoms with van der Waals surface area (Å²) in [7, 11) is -3.36. The Balaban J connectivity index is 1.47. The zero-order valence-corrected chi connectivity index (χ0v) is 14.9. The first-order valence-corrected chi connectivity index (χ1v) is 10.1. The van der Waals surface area contributed by atoms with E-state index in [0.717, 1.165) is 36.3 Å². The highest BCUT2D eigenvalue weighted by Crippen LogP contribution is 2.16. The highest BCUT2D eigenvalue weighted by molar-refractivity contribution is 7.88. The van der Waals surface area contributed by atoms with Crippen molar-refractivity contribution in [2.45, 2.75) is 31.2 Å². The van der Waals surface area contributed by atoms with Gasteiger partial charge in [0.05, 0.1) is 11.9 Å². The maximum atomic E-state index is 12.1. The number of ether oxygens (including phenoxy) is 2. The lowest BCUT2D eigenvalue weighted by Gasteiger charge is -2.12. The number of hydrogen-bond donors (Lipinski definition) is 1. The van der Waals surface area contributed by atoms with Crippen molar-refractivity contribution in [3.63, 3.8) is 0 Å². The molecule has 3 rings (SSSR count). The average molecular weight is 361 g/mol. The molecule has 0 bridgehead atoms. The lowest BCUT2D eigenvalue weighted by molar-refractivity contribution is 0.0679. The maximum Gasteiger partial charge on any atom is 0.216 e. The molecule has 2 aromatic carbocycles. The summed E-state index contributed by atoms with van der Waals surface area (Å²) >= 11 is 0. The van der Waals surface area contributed by atoms with Crippen molar-refractivity contribution in [1.29, 1.82) is 0 Å². The average Bonchev–Trinajstić information content (AvgIpc) is 3.13. The van der Waals surface area contributed by atoms with E-state index < -0.39 is 10.0 Å². The third-order valence-corrected chi connectivity index (χ3v) is 5.38. The third-order valence-electron chi connectivity index (χ3n) is 4.08. The van der Waals surface area contributed by atoms with E-state index in [1.54, 1.807) is 12.1 Å². The molecule has 1 N–H and O–H groups in total. The van der Waals surface area contributed by atoms with Gasteiger partial charge in [-0.25, -0.2) is 13.1 Å². The molecule has 1 atom stereocenters. The van der Waals surface area contributed by atoms with Crippen molar-refractivity contribution in [2.24, 2.45) is 0 Å². The van der Waals surface area contributed by atoms with Crippen LogP contribution in [0.4, 0.5) is 0 Å². The Bertz CT molecular complexity index is 754. The topological polar surface area (TPSA) is 64.6 Å². The molecule has 6 heteroatoms. The molecule has 0 spiro atoms. The lowest BCUT2D eigenvalue weighted by Crippen LogP contribution is -2.24. The predicted octanol–water partition coefficient (Wildman–Crippen LogP) is 2.86. The van der Waals surface area contributed by atoms with E-state index >= 15 is 0 Å². The van der Waals surface area contributed by atoms with Gasteiger partial charge in [0.2, 0.25) is 10.0 Å². The molecule has 0 saturated carbocycles. The summed E-state index contributed by atoms with van der Waals surface area (Å²) in [4.78, 5) is 0. The van der Waals surface area contributed by atoms with Crippen LogP contribution in [0.3, 0.4) is 0 Å². The maximum absolute atomic E-state index is 12.1. The number of rotatable bonds is 8. The van der Waals surface area contributed by atoms with Gasteiger partial charge in [0.25, 0.3) is 0 Å². The molecule has 25 heavy (non-hydrogen) atoms. The fourth-order valence-corrected chi connectivity index (χ4v) is 3.83. The Morgan fingerprint density at radius 3 is 2.48 bits per heavy atom. The molecule has 0 radical (unpaired) electrons. The van der Waals surface area contributed by atoms with E-state index in [2.05, 4.69) is 4.72 Å². The summed E-state index contributed by atoms with van der Waals surface area (Å²) in [5.74, 6) is 0.752. The van der Waals surface area contributed by atoms with Gasteiger partial charge in [0, 0.05) is 13.2 Å². The molecule has 2 aromatic rings. The second-order valence-corrected chi connectivity index (χ2v) is 7.96. The molecule has 1 saturated heterocycles. The van der Waals surface area contributed by atoms with Crippen LogP contribution in [-0.2, 0) is 27.1 Å². The third kappa shape index (κ3) is 5.85. The summed E-state index contributed by atoms with van der Waals surface area (Å²) in [5, 5.41) is 0. The van der Waals surface area contributed by atoms with Crippen LogP contribution >= 0.6 is 0 Å². The zero-order valence-electron chi connectivity index (χ0n) is 14.1. The molecule has 0 aliphatic carbocycles. The van der Waals surface area contributed by atoms with Gasteiger partial charge >= 0.3 is 0 Å². The molecule has 1 heterocycles.